The molecule has 21 heavy (non-hydrogen) atoms. The predicted octanol–water partition coefficient (Wildman–Crippen LogP) is 3.36. The van der Waals surface area contributed by atoms with Crippen LogP contribution in [0.25, 0.3) is 0 Å². The average Bonchev–Trinajstić information content (AvgIpc) is 2.45. The molecule has 0 aromatic heterocycles. The van der Waals surface area contributed by atoms with Crippen LogP contribution in [0.2, 0.25) is 0 Å². The maximum Gasteiger partial charge on any atom is 0.0412 e. The van der Waals surface area contributed by atoms with Crippen LogP contribution in [0.5, 0.6) is 0 Å². The molecule has 3 heteroatoms. The van der Waals surface area contributed by atoms with Crippen molar-refractivity contribution >= 4 is 11.4 Å². The van der Waals surface area contributed by atoms with E-state index < -0.39 is 0 Å². The molecule has 0 bridgehead atoms. The zero-order valence-electron chi connectivity index (χ0n) is 14.5. The van der Waals surface area contributed by atoms with Gasteiger partial charge in [-0.15, -0.1) is 0 Å². The molecule has 118 valence electrons. The van der Waals surface area contributed by atoms with Gasteiger partial charge < -0.3 is 15.1 Å². The third kappa shape index (κ3) is 3.70. The molecule has 2 atom stereocenters. The molecule has 1 aliphatic heterocycles. The summed E-state index contributed by atoms with van der Waals surface area (Å²) in [7, 11) is 4.18. The van der Waals surface area contributed by atoms with Gasteiger partial charge in [-0.25, -0.2) is 0 Å². The first-order chi connectivity index (χ1) is 9.82. The second-order valence-electron chi connectivity index (χ2n) is 7.45. The maximum absolute atomic E-state index is 3.74. The Bertz CT molecular complexity index is 445. The van der Waals surface area contributed by atoms with Gasteiger partial charge in [0.05, 0.1) is 0 Å². The van der Waals surface area contributed by atoms with Crippen LogP contribution in [-0.4, -0.2) is 39.3 Å². The zero-order chi connectivity index (χ0) is 15.6. The van der Waals surface area contributed by atoms with Gasteiger partial charge in [-0.1, -0.05) is 27.7 Å². The molecule has 0 radical (unpaired) electrons. The van der Waals surface area contributed by atoms with Crippen LogP contribution in [0, 0.1) is 5.41 Å². The number of anilines is 2. The summed E-state index contributed by atoms with van der Waals surface area (Å²) in [6.07, 6.45) is 1.18. The quantitative estimate of drug-likeness (QED) is 0.920. The normalized spacial score (nSPS) is 23.2. The fraction of sp³-hybridized carbons (Fsp3) is 0.667. The van der Waals surface area contributed by atoms with Gasteiger partial charge in [0.1, 0.15) is 0 Å². The Hall–Kier alpha value is -1.22. The van der Waals surface area contributed by atoms with E-state index in [1.54, 1.807) is 0 Å². The summed E-state index contributed by atoms with van der Waals surface area (Å²) in [6, 6.07) is 10.1. The highest BCUT2D eigenvalue weighted by molar-refractivity contribution is 5.56. The summed E-state index contributed by atoms with van der Waals surface area (Å²) in [4.78, 5) is 4.74. The Kier molecular flexibility index (Phi) is 4.82. The molecule has 1 N–H and O–H groups in total. The first kappa shape index (κ1) is 16.2. The lowest BCUT2D eigenvalue weighted by Crippen LogP contribution is -2.60. The summed E-state index contributed by atoms with van der Waals surface area (Å²) in [5.41, 5.74) is 2.90. The van der Waals surface area contributed by atoms with E-state index in [2.05, 4.69) is 81.2 Å². The van der Waals surface area contributed by atoms with Gasteiger partial charge in [0.25, 0.3) is 0 Å². The van der Waals surface area contributed by atoms with Gasteiger partial charge in [-0.3, -0.25) is 0 Å². The molecule has 0 amide bonds. The van der Waals surface area contributed by atoms with Crippen molar-refractivity contribution in [2.24, 2.45) is 5.41 Å². The maximum atomic E-state index is 3.74. The molecule has 0 aliphatic carbocycles. The molecule has 2 rings (SSSR count). The third-order valence-electron chi connectivity index (χ3n) is 4.63. The van der Waals surface area contributed by atoms with Crippen molar-refractivity contribution in [3.8, 4) is 0 Å². The molecule has 1 heterocycles. The Morgan fingerprint density at radius 1 is 1.19 bits per heavy atom. The van der Waals surface area contributed by atoms with E-state index >= 15 is 0 Å². The van der Waals surface area contributed by atoms with E-state index in [1.807, 2.05) is 0 Å². The molecule has 1 aromatic rings. The summed E-state index contributed by atoms with van der Waals surface area (Å²) in [5.74, 6) is 0. The largest absolute Gasteiger partial charge is 0.378 e. The van der Waals surface area contributed by atoms with E-state index in [4.69, 9.17) is 0 Å². The molecule has 2 unspecified atom stereocenters. The Morgan fingerprint density at radius 2 is 1.81 bits per heavy atom. The topological polar surface area (TPSA) is 18.5 Å². The highest BCUT2D eigenvalue weighted by atomic mass is 15.2. The second-order valence-corrected chi connectivity index (χ2v) is 7.45. The lowest BCUT2D eigenvalue weighted by atomic mass is 9.84. The van der Waals surface area contributed by atoms with Crippen molar-refractivity contribution in [1.82, 2.24) is 5.32 Å². The zero-order valence-corrected chi connectivity index (χ0v) is 14.5. The van der Waals surface area contributed by atoms with Crippen LogP contribution >= 0.6 is 0 Å². The summed E-state index contributed by atoms with van der Waals surface area (Å²) >= 11 is 0. The summed E-state index contributed by atoms with van der Waals surface area (Å²) in [6.45, 7) is 11.4. The van der Waals surface area contributed by atoms with Crippen LogP contribution in [0.1, 0.15) is 34.1 Å². The summed E-state index contributed by atoms with van der Waals surface area (Å²) in [5, 5.41) is 3.74. The average molecular weight is 289 g/mol. The highest BCUT2D eigenvalue weighted by Gasteiger charge is 2.33. The molecular weight excluding hydrogens is 258 g/mol. The molecule has 3 nitrogen and oxygen atoms in total. The van der Waals surface area contributed by atoms with E-state index in [0.717, 1.165) is 13.1 Å². The van der Waals surface area contributed by atoms with Gasteiger partial charge >= 0.3 is 0 Å². The molecule has 1 aromatic carbocycles. The smallest absolute Gasteiger partial charge is 0.0412 e. The van der Waals surface area contributed by atoms with Crippen molar-refractivity contribution < 1.29 is 0 Å². The van der Waals surface area contributed by atoms with Crippen LogP contribution in [0.4, 0.5) is 11.4 Å². The number of rotatable bonds is 3. The highest BCUT2D eigenvalue weighted by Crippen LogP contribution is 2.29. The van der Waals surface area contributed by atoms with Crippen LogP contribution in [0.3, 0.4) is 0 Å². The van der Waals surface area contributed by atoms with Crippen molar-refractivity contribution in [1.29, 1.82) is 0 Å². The minimum absolute atomic E-state index is 0.292. The number of hydrogen-bond acceptors (Lipinski definition) is 3. The van der Waals surface area contributed by atoms with E-state index in [9.17, 15) is 0 Å². The second kappa shape index (κ2) is 6.27. The van der Waals surface area contributed by atoms with Gasteiger partial charge in [0, 0.05) is 50.6 Å². The number of nitrogens with one attached hydrogen (secondary N) is 1. The number of hydrogen-bond donors (Lipinski definition) is 1. The lowest BCUT2D eigenvalue weighted by molar-refractivity contribution is 0.233. The number of benzene rings is 1. The van der Waals surface area contributed by atoms with Gasteiger partial charge in [0.2, 0.25) is 0 Å². The predicted molar refractivity (Wildman–Crippen MR) is 93.4 cm³/mol. The minimum Gasteiger partial charge on any atom is -0.378 e. The first-order valence-electron chi connectivity index (χ1n) is 8.10. The fourth-order valence-corrected chi connectivity index (χ4v) is 3.00. The van der Waals surface area contributed by atoms with Crippen LogP contribution in [0.15, 0.2) is 24.3 Å². The van der Waals surface area contributed by atoms with E-state index in [-0.39, 0.29) is 0 Å². The molecular formula is C18H31N3. The van der Waals surface area contributed by atoms with Crippen molar-refractivity contribution in [2.75, 3.05) is 37.0 Å². The molecule has 0 saturated carbocycles. The van der Waals surface area contributed by atoms with Crippen molar-refractivity contribution in [3.63, 3.8) is 0 Å². The standard InChI is InChI=1S/C18H31N3/c1-7-14-12-19-17(18(2,3)4)13-21(14)16-10-8-15(9-11-16)20(5)6/h8-11,14,17,19H,7,12-13H2,1-6H3. The Morgan fingerprint density at radius 3 is 2.29 bits per heavy atom. The van der Waals surface area contributed by atoms with Gasteiger partial charge in [0.15, 0.2) is 0 Å². The Labute approximate surface area is 130 Å². The molecule has 0 spiro atoms. The van der Waals surface area contributed by atoms with Gasteiger partial charge in [-0.2, -0.15) is 0 Å². The van der Waals surface area contributed by atoms with Gasteiger partial charge in [-0.05, 0) is 36.1 Å². The third-order valence-corrected chi connectivity index (χ3v) is 4.63. The molecule has 1 aliphatic rings. The van der Waals surface area contributed by atoms with E-state index in [1.165, 1.54) is 17.8 Å². The van der Waals surface area contributed by atoms with Crippen molar-refractivity contribution in [3.05, 3.63) is 24.3 Å². The van der Waals surface area contributed by atoms with Crippen LogP contribution in [-0.2, 0) is 0 Å². The fourth-order valence-electron chi connectivity index (χ4n) is 3.00. The Balaban J connectivity index is 2.20. The number of nitrogens with zero attached hydrogens (tertiary/aromatic N) is 2. The lowest BCUT2D eigenvalue weighted by Gasteiger charge is -2.46. The molecule has 1 saturated heterocycles. The molecule has 1 fully saturated rings. The number of piperazine rings is 1. The summed E-state index contributed by atoms with van der Waals surface area (Å²) < 4.78 is 0. The van der Waals surface area contributed by atoms with Crippen molar-refractivity contribution in [2.45, 2.75) is 46.2 Å². The SMILES string of the molecule is CCC1CNC(C(C)(C)C)CN1c1ccc(N(C)C)cc1. The van der Waals surface area contributed by atoms with E-state index in [0.29, 0.717) is 17.5 Å². The minimum atomic E-state index is 0.292. The monoisotopic (exact) mass is 289 g/mol. The first-order valence-corrected chi connectivity index (χ1v) is 8.10. The van der Waals surface area contributed by atoms with Crippen LogP contribution < -0.4 is 15.1 Å².